The van der Waals surface area contributed by atoms with Crippen LogP contribution in [0.25, 0.3) is 0 Å². The summed E-state index contributed by atoms with van der Waals surface area (Å²) in [6.45, 7) is 1.81. The Bertz CT molecular complexity index is 1180. The number of halogens is 1. The average Bonchev–Trinajstić information content (AvgIpc) is 2.71. The van der Waals surface area contributed by atoms with Crippen molar-refractivity contribution in [1.82, 2.24) is 9.78 Å². The van der Waals surface area contributed by atoms with E-state index < -0.39 is 29.0 Å². The predicted molar refractivity (Wildman–Crippen MR) is 118 cm³/mol. The molecule has 0 amide bonds. The number of nitrogens with zero attached hydrogens (tertiary/aromatic N) is 2. The van der Waals surface area contributed by atoms with Crippen LogP contribution in [0.4, 0.5) is 11.4 Å². The second kappa shape index (κ2) is 7.33. The monoisotopic (exact) mass is 457 g/mol. The van der Waals surface area contributed by atoms with Crippen molar-refractivity contribution in [2.24, 2.45) is 23.7 Å². The highest BCUT2D eigenvalue weighted by Crippen LogP contribution is 2.61. The third kappa shape index (κ3) is 3.11. The molecule has 2 aromatic rings. The maximum atomic E-state index is 13.4. The predicted octanol–water partition coefficient (Wildman–Crippen LogP) is 3.88. The third-order valence-electron chi connectivity index (χ3n) is 7.63. The van der Waals surface area contributed by atoms with Crippen LogP contribution in [-0.2, 0) is 10.3 Å². The lowest BCUT2D eigenvalue weighted by atomic mass is 9.48. The summed E-state index contributed by atoms with van der Waals surface area (Å²) in [5.41, 5.74) is 0.283. The molecule has 2 unspecified atom stereocenters. The van der Waals surface area contributed by atoms with E-state index in [4.69, 9.17) is 11.6 Å². The number of hydrogen-bond acceptors (Lipinski definition) is 5. The number of carboxylic acids is 2. The number of carboxylic acid groups (broad SMARTS) is 2. The quantitative estimate of drug-likeness (QED) is 0.622. The molecule has 0 aliphatic heterocycles. The molecule has 3 N–H and O–H groups in total. The van der Waals surface area contributed by atoms with Crippen LogP contribution >= 0.6 is 11.6 Å². The first kappa shape index (κ1) is 21.0. The molecule has 1 aromatic heterocycles. The number of benzene rings is 1. The first-order valence-electron chi connectivity index (χ1n) is 10.8. The molecule has 1 heterocycles. The van der Waals surface area contributed by atoms with E-state index in [-0.39, 0.29) is 22.2 Å². The van der Waals surface area contributed by atoms with Gasteiger partial charge in [0.25, 0.3) is 5.56 Å². The fraction of sp³-hybridized carbons (Fsp3) is 0.478. The Kier molecular flexibility index (Phi) is 4.81. The minimum Gasteiger partial charge on any atom is -0.481 e. The van der Waals surface area contributed by atoms with Crippen LogP contribution in [0.1, 0.15) is 48.0 Å². The zero-order valence-electron chi connectivity index (χ0n) is 17.5. The van der Waals surface area contributed by atoms with Crippen molar-refractivity contribution in [3.8, 4) is 0 Å². The van der Waals surface area contributed by atoms with E-state index in [1.807, 2.05) is 6.92 Å². The van der Waals surface area contributed by atoms with Crippen LogP contribution in [0.3, 0.4) is 0 Å². The van der Waals surface area contributed by atoms with Crippen molar-refractivity contribution >= 4 is 34.9 Å². The van der Waals surface area contributed by atoms with Gasteiger partial charge in [0.1, 0.15) is 5.02 Å². The standard InChI is InChI=1S/C23H24ClN3O5/c1-11-2-3-14(21(29)30)7-16(11)26-17-10-25-27(20(28)19(17)24)23-8-12-4-13(9-23)6-15(5-12)18(23)22(31)32/h2-3,7,10,12-13,15,18,26H,4-6,8-9H2,1H3,(H,29,30)(H,31,32)/t12-,13+,15?,18-,23?/m1/s1. The first-order valence-corrected chi connectivity index (χ1v) is 11.2. The molecule has 8 nitrogen and oxygen atoms in total. The largest absolute Gasteiger partial charge is 0.481 e. The van der Waals surface area contributed by atoms with E-state index in [0.29, 0.717) is 30.4 Å². The van der Waals surface area contributed by atoms with E-state index in [0.717, 1.165) is 24.8 Å². The number of aromatic nitrogens is 2. The number of carbonyl (C=O) groups is 2. The highest BCUT2D eigenvalue weighted by atomic mass is 35.5. The van der Waals surface area contributed by atoms with E-state index in [2.05, 4.69) is 10.4 Å². The summed E-state index contributed by atoms with van der Waals surface area (Å²) >= 11 is 6.47. The van der Waals surface area contributed by atoms with E-state index in [1.165, 1.54) is 23.0 Å². The van der Waals surface area contributed by atoms with Gasteiger partial charge >= 0.3 is 11.9 Å². The summed E-state index contributed by atoms with van der Waals surface area (Å²) < 4.78 is 1.34. The van der Waals surface area contributed by atoms with Crippen LogP contribution in [0.2, 0.25) is 5.02 Å². The number of nitrogens with one attached hydrogen (secondary N) is 1. The van der Waals surface area contributed by atoms with Gasteiger partial charge in [-0.2, -0.15) is 5.10 Å². The lowest BCUT2D eigenvalue weighted by Crippen LogP contribution is -2.63. The van der Waals surface area contributed by atoms with E-state index in [9.17, 15) is 24.6 Å². The zero-order valence-corrected chi connectivity index (χ0v) is 18.3. The highest BCUT2D eigenvalue weighted by molar-refractivity contribution is 6.33. The molecule has 168 valence electrons. The lowest BCUT2D eigenvalue weighted by molar-refractivity contribution is -0.168. The van der Waals surface area contributed by atoms with E-state index in [1.54, 1.807) is 6.07 Å². The second-order valence-corrected chi connectivity index (χ2v) is 9.95. The van der Waals surface area contributed by atoms with Gasteiger partial charge in [-0.15, -0.1) is 0 Å². The van der Waals surface area contributed by atoms with Gasteiger partial charge in [0, 0.05) is 5.69 Å². The number of rotatable bonds is 5. The topological polar surface area (TPSA) is 122 Å². The zero-order chi connectivity index (χ0) is 22.8. The molecule has 0 radical (unpaired) electrons. The van der Waals surface area contributed by atoms with Gasteiger partial charge in [-0.1, -0.05) is 17.7 Å². The number of aryl methyl sites for hydroxylation is 1. The minimum atomic E-state index is -1.06. The van der Waals surface area contributed by atoms with Crippen molar-refractivity contribution in [2.75, 3.05) is 5.32 Å². The van der Waals surface area contributed by atoms with Gasteiger partial charge in [0.15, 0.2) is 0 Å². The second-order valence-electron chi connectivity index (χ2n) is 9.58. The molecule has 32 heavy (non-hydrogen) atoms. The van der Waals surface area contributed by atoms with Crippen LogP contribution in [-0.4, -0.2) is 31.9 Å². The van der Waals surface area contributed by atoms with Gasteiger partial charge < -0.3 is 15.5 Å². The molecule has 4 fully saturated rings. The molecule has 4 aliphatic carbocycles. The molecule has 1 aromatic carbocycles. The van der Waals surface area contributed by atoms with Crippen molar-refractivity contribution in [2.45, 2.75) is 44.6 Å². The Labute approximate surface area is 189 Å². The lowest BCUT2D eigenvalue weighted by Gasteiger charge is -2.59. The Morgan fingerprint density at radius 1 is 1.16 bits per heavy atom. The number of hydrogen-bond donors (Lipinski definition) is 3. The molecule has 4 saturated carbocycles. The first-order chi connectivity index (χ1) is 15.2. The Hall–Kier alpha value is -2.87. The molecule has 9 heteroatoms. The maximum Gasteiger partial charge on any atom is 0.335 e. The number of aromatic carboxylic acids is 1. The Morgan fingerprint density at radius 3 is 2.47 bits per heavy atom. The Balaban J connectivity index is 1.55. The van der Waals surface area contributed by atoms with Crippen molar-refractivity contribution in [3.63, 3.8) is 0 Å². The van der Waals surface area contributed by atoms with Gasteiger partial charge in [-0.3, -0.25) is 9.59 Å². The van der Waals surface area contributed by atoms with Gasteiger partial charge in [-0.25, -0.2) is 9.48 Å². The van der Waals surface area contributed by atoms with Crippen molar-refractivity contribution < 1.29 is 19.8 Å². The summed E-state index contributed by atoms with van der Waals surface area (Å²) in [7, 11) is 0. The van der Waals surface area contributed by atoms with Crippen LogP contribution < -0.4 is 10.9 Å². The van der Waals surface area contributed by atoms with Crippen molar-refractivity contribution in [3.05, 3.63) is 50.9 Å². The molecule has 4 aliphatic rings. The highest BCUT2D eigenvalue weighted by Gasteiger charge is 2.61. The van der Waals surface area contributed by atoms with Gasteiger partial charge in [0.2, 0.25) is 0 Å². The normalized spacial score (nSPS) is 30.3. The average molecular weight is 458 g/mol. The summed E-state index contributed by atoms with van der Waals surface area (Å²) in [5.74, 6) is -1.70. The molecule has 5 atom stereocenters. The van der Waals surface area contributed by atoms with Crippen molar-refractivity contribution in [1.29, 1.82) is 0 Å². The summed E-state index contributed by atoms with van der Waals surface area (Å²) in [6.07, 6.45) is 5.59. The smallest absolute Gasteiger partial charge is 0.335 e. The molecule has 0 saturated heterocycles. The van der Waals surface area contributed by atoms with Gasteiger partial charge in [-0.05, 0) is 74.5 Å². The van der Waals surface area contributed by atoms with Crippen LogP contribution in [0.15, 0.2) is 29.2 Å². The molecular weight excluding hydrogens is 434 g/mol. The van der Waals surface area contributed by atoms with E-state index >= 15 is 0 Å². The SMILES string of the molecule is Cc1ccc(C(=O)O)cc1Nc1cnn(C23C[C@@H]4CC(C[C@@H](C4)C2)[C@@H]3C(=O)O)c(=O)c1Cl. The summed E-state index contributed by atoms with van der Waals surface area (Å²) in [6, 6.07) is 4.64. The molecule has 6 rings (SSSR count). The van der Waals surface area contributed by atoms with Crippen LogP contribution in [0, 0.1) is 30.6 Å². The van der Waals surface area contributed by atoms with Crippen LogP contribution in [0.5, 0.6) is 0 Å². The van der Waals surface area contributed by atoms with Gasteiger partial charge in [0.05, 0.1) is 28.9 Å². The molecule has 0 spiro atoms. The molecule has 4 bridgehead atoms. The summed E-state index contributed by atoms with van der Waals surface area (Å²) in [5, 5.41) is 26.7. The summed E-state index contributed by atoms with van der Waals surface area (Å²) in [4.78, 5) is 36.9. The fourth-order valence-corrected chi connectivity index (χ4v) is 6.78. The fourth-order valence-electron chi connectivity index (χ4n) is 6.61. The minimum absolute atomic E-state index is 0.0606. The number of anilines is 2. The maximum absolute atomic E-state index is 13.4. The Morgan fingerprint density at radius 2 is 1.84 bits per heavy atom. The molecular formula is C23H24ClN3O5. The third-order valence-corrected chi connectivity index (χ3v) is 8.00. The number of aliphatic carboxylic acids is 1.